The minimum Gasteiger partial charge on any atom is -0.491 e. The highest BCUT2D eigenvalue weighted by Crippen LogP contribution is 2.48. The van der Waals surface area contributed by atoms with Crippen LogP contribution in [0.3, 0.4) is 0 Å². The zero-order valence-corrected chi connectivity index (χ0v) is 27.8. The normalized spacial score (nSPS) is 17.8. The van der Waals surface area contributed by atoms with Crippen LogP contribution in [0.15, 0.2) is 35.8 Å². The predicted molar refractivity (Wildman–Crippen MR) is 179 cm³/mol. The number of nitrogens with zero attached hydrogens (tertiary/aromatic N) is 6. The molecule has 2 aliphatic heterocycles. The largest absolute Gasteiger partial charge is 0.491 e. The summed E-state index contributed by atoms with van der Waals surface area (Å²) < 4.78 is 23.5. The molecule has 10 nitrogen and oxygen atoms in total. The van der Waals surface area contributed by atoms with Gasteiger partial charge in [0.15, 0.2) is 17.2 Å². The van der Waals surface area contributed by atoms with Crippen molar-refractivity contribution in [3.8, 4) is 22.7 Å². The Bertz CT molecular complexity index is 1970. The van der Waals surface area contributed by atoms with Crippen LogP contribution in [-0.2, 0) is 4.79 Å². The molecule has 6 rings (SSSR count). The van der Waals surface area contributed by atoms with Gasteiger partial charge in [-0.3, -0.25) is 9.78 Å². The number of carbonyl (C=O) groups is 1. The first-order valence-electron chi connectivity index (χ1n) is 14.7. The number of hydrogen-bond donors (Lipinski definition) is 1. The van der Waals surface area contributed by atoms with Crippen LogP contribution in [0.1, 0.15) is 44.4 Å². The van der Waals surface area contributed by atoms with Crippen LogP contribution in [0, 0.1) is 12.7 Å². The number of aryl methyl sites for hydroxylation is 1. The maximum atomic E-state index is 15.8. The number of halogens is 4. The molecule has 5 heterocycles. The van der Waals surface area contributed by atoms with Crippen LogP contribution < -0.4 is 21.1 Å². The lowest BCUT2D eigenvalue weighted by molar-refractivity contribution is -0.127. The molecule has 0 radical (unpaired) electrons. The number of pyridine rings is 2. The number of carbonyl (C=O) groups excluding carboxylic acids is 1. The Morgan fingerprint density at radius 2 is 1.96 bits per heavy atom. The molecule has 2 unspecified atom stereocenters. The number of nitrogen functional groups attached to an aromatic ring is 1. The number of ether oxygens (including phenoxy) is 1. The van der Waals surface area contributed by atoms with Gasteiger partial charge < -0.3 is 20.3 Å². The van der Waals surface area contributed by atoms with E-state index in [9.17, 15) is 9.59 Å². The van der Waals surface area contributed by atoms with Gasteiger partial charge in [0, 0.05) is 31.7 Å². The molecule has 0 aliphatic carbocycles. The smallest absolute Gasteiger partial charge is 0.355 e. The van der Waals surface area contributed by atoms with E-state index in [-0.39, 0.29) is 73.9 Å². The van der Waals surface area contributed by atoms with E-state index >= 15 is 4.39 Å². The summed E-state index contributed by atoms with van der Waals surface area (Å²) in [5, 5.41) is 0.0173. The number of nitrogens with two attached hydrogens (primary N) is 1. The first-order valence-corrected chi connectivity index (χ1v) is 15.9. The fourth-order valence-electron chi connectivity index (χ4n) is 6.40. The number of benzene rings is 1. The molecule has 46 heavy (non-hydrogen) atoms. The molecule has 14 heteroatoms. The fraction of sp³-hybridized carbons (Fsp3) is 0.344. The summed E-state index contributed by atoms with van der Waals surface area (Å²) in [5.74, 6) is -0.713. The monoisotopic (exact) mass is 685 g/mol. The SMILES string of the molecule is C=CC(=O)N1CC(C)N2c3nc(=O)n(-c4c(C)ccnc4C(C)C)c4nc(-c5c(N)c(Cl)cc(Cl)c5F)c(Cl)c(c34)OCCC2C1. The molecule has 0 bridgehead atoms. The number of fused-ring (bicyclic) bond motifs is 2. The van der Waals surface area contributed by atoms with Gasteiger partial charge in [-0.1, -0.05) is 55.2 Å². The van der Waals surface area contributed by atoms with E-state index < -0.39 is 11.5 Å². The van der Waals surface area contributed by atoms with Crippen LogP contribution in [0.5, 0.6) is 5.75 Å². The number of rotatable bonds is 4. The van der Waals surface area contributed by atoms with Crippen molar-refractivity contribution in [3.05, 3.63) is 73.6 Å². The molecule has 4 aromatic rings. The number of anilines is 2. The highest BCUT2D eigenvalue weighted by atomic mass is 35.5. The quantitative estimate of drug-likeness (QED) is 0.150. The average molecular weight is 687 g/mol. The van der Waals surface area contributed by atoms with Crippen molar-refractivity contribution in [1.29, 1.82) is 0 Å². The summed E-state index contributed by atoms with van der Waals surface area (Å²) >= 11 is 19.6. The number of piperazine rings is 1. The van der Waals surface area contributed by atoms with Gasteiger partial charge in [-0.05, 0) is 43.5 Å². The minimum atomic E-state index is -0.879. The van der Waals surface area contributed by atoms with Gasteiger partial charge >= 0.3 is 5.69 Å². The topological polar surface area (TPSA) is 119 Å². The second-order valence-corrected chi connectivity index (χ2v) is 13.0. The van der Waals surface area contributed by atoms with Crippen molar-refractivity contribution < 1.29 is 13.9 Å². The Hall–Kier alpha value is -3.93. The van der Waals surface area contributed by atoms with Crippen LogP contribution in [-0.4, -0.2) is 62.1 Å². The molecule has 3 aromatic heterocycles. The van der Waals surface area contributed by atoms with Crippen LogP contribution in [0.2, 0.25) is 15.1 Å². The Morgan fingerprint density at radius 1 is 1.22 bits per heavy atom. The molecule has 0 saturated carbocycles. The summed E-state index contributed by atoms with van der Waals surface area (Å²) in [4.78, 5) is 44.8. The molecule has 2 atom stereocenters. The van der Waals surface area contributed by atoms with Gasteiger partial charge in [-0.25, -0.2) is 18.7 Å². The molecule has 1 saturated heterocycles. The summed E-state index contributed by atoms with van der Waals surface area (Å²) in [5.41, 5.74) is 7.17. The van der Waals surface area contributed by atoms with Gasteiger partial charge in [0.1, 0.15) is 21.9 Å². The number of hydrogen-bond acceptors (Lipinski definition) is 8. The zero-order chi connectivity index (χ0) is 33.2. The summed E-state index contributed by atoms with van der Waals surface area (Å²) in [6.45, 7) is 12.3. The first kappa shape index (κ1) is 32.0. The third kappa shape index (κ3) is 5.05. The van der Waals surface area contributed by atoms with E-state index in [0.717, 1.165) is 5.56 Å². The van der Waals surface area contributed by atoms with Gasteiger partial charge in [0.05, 0.1) is 45.3 Å². The zero-order valence-electron chi connectivity index (χ0n) is 25.6. The van der Waals surface area contributed by atoms with Crippen LogP contribution >= 0.6 is 34.8 Å². The minimum absolute atomic E-state index is 0.00422. The molecule has 1 fully saturated rings. The lowest BCUT2D eigenvalue weighted by Crippen LogP contribution is -2.60. The van der Waals surface area contributed by atoms with E-state index in [0.29, 0.717) is 42.1 Å². The van der Waals surface area contributed by atoms with E-state index in [1.807, 2.05) is 32.6 Å². The maximum Gasteiger partial charge on any atom is 0.355 e. The number of aromatic nitrogens is 4. The molecular weight excluding hydrogens is 656 g/mol. The van der Waals surface area contributed by atoms with Crippen molar-refractivity contribution in [1.82, 2.24) is 24.4 Å². The van der Waals surface area contributed by atoms with Crippen molar-refractivity contribution in [2.75, 3.05) is 30.3 Å². The van der Waals surface area contributed by atoms with E-state index in [1.54, 1.807) is 17.2 Å². The molecule has 0 spiro atoms. The van der Waals surface area contributed by atoms with Crippen molar-refractivity contribution in [2.24, 2.45) is 0 Å². The Morgan fingerprint density at radius 3 is 2.65 bits per heavy atom. The maximum absolute atomic E-state index is 15.8. The van der Waals surface area contributed by atoms with E-state index in [1.165, 1.54) is 16.7 Å². The molecule has 1 aromatic carbocycles. The van der Waals surface area contributed by atoms with Crippen molar-refractivity contribution in [3.63, 3.8) is 0 Å². The Balaban J connectivity index is 1.76. The van der Waals surface area contributed by atoms with Crippen molar-refractivity contribution in [2.45, 2.75) is 52.1 Å². The molecule has 2 N–H and O–H groups in total. The first-order chi connectivity index (χ1) is 21.8. The van der Waals surface area contributed by atoms with Crippen LogP contribution in [0.4, 0.5) is 15.9 Å². The molecular formula is C32H31Cl3FN7O3. The van der Waals surface area contributed by atoms with Gasteiger partial charge in [0.2, 0.25) is 5.91 Å². The van der Waals surface area contributed by atoms with Gasteiger partial charge in [-0.2, -0.15) is 4.98 Å². The van der Waals surface area contributed by atoms with E-state index in [2.05, 4.69) is 16.5 Å². The highest BCUT2D eigenvalue weighted by Gasteiger charge is 2.39. The molecule has 240 valence electrons. The number of amides is 1. The third-order valence-corrected chi connectivity index (χ3v) is 9.43. The lowest BCUT2D eigenvalue weighted by atomic mass is 10.0. The standard InChI is InChI=1S/C32H31Cl3FN7O3/c1-6-20(44)41-12-16(5)42-17(13-41)8-10-46-29-22-30(39-27(23(29)35)21-24(36)18(33)11-19(34)25(21)37)43(32(45)40-31(22)42)28-15(4)7-9-38-26(28)14(2)3/h6-7,9,11,14,16-17H,1,8,10,12-13,37H2,2-5H3. The molecule has 1 amide bonds. The molecule has 2 aliphatic rings. The van der Waals surface area contributed by atoms with E-state index in [4.69, 9.17) is 50.3 Å². The average Bonchev–Trinajstić information content (AvgIpc) is 3.00. The third-order valence-electron chi connectivity index (χ3n) is 8.49. The predicted octanol–water partition coefficient (Wildman–Crippen LogP) is 6.33. The van der Waals surface area contributed by atoms with Gasteiger partial charge in [-0.15, -0.1) is 0 Å². The second-order valence-electron chi connectivity index (χ2n) is 11.8. The summed E-state index contributed by atoms with van der Waals surface area (Å²) in [6.07, 6.45) is 3.42. The summed E-state index contributed by atoms with van der Waals surface area (Å²) in [6, 6.07) is 2.47. The van der Waals surface area contributed by atoms with Gasteiger partial charge in [0.25, 0.3) is 0 Å². The fourth-order valence-corrected chi connectivity index (χ4v) is 7.15. The Labute approximate surface area is 279 Å². The van der Waals surface area contributed by atoms with Crippen LogP contribution in [0.25, 0.3) is 28.0 Å². The Kier molecular flexibility index (Phi) is 8.37. The summed E-state index contributed by atoms with van der Waals surface area (Å²) in [7, 11) is 0. The van der Waals surface area contributed by atoms with Crippen molar-refractivity contribution >= 4 is 63.2 Å². The lowest BCUT2D eigenvalue weighted by Gasteiger charge is -2.47. The second kappa shape index (κ2) is 12.0. The highest BCUT2D eigenvalue weighted by molar-refractivity contribution is 6.39.